The van der Waals surface area contributed by atoms with Gasteiger partial charge in [0.15, 0.2) is 0 Å². The number of carbonyl (C=O) groups excluding carboxylic acids is 1. The molecule has 0 saturated heterocycles. The Balaban J connectivity index is 2.58. The van der Waals surface area contributed by atoms with E-state index in [0.29, 0.717) is 24.5 Å². The highest BCUT2D eigenvalue weighted by atomic mass is 79.9. The Bertz CT molecular complexity index is 448. The van der Waals surface area contributed by atoms with Crippen LogP contribution in [0.3, 0.4) is 0 Å². The molecule has 0 aromatic heterocycles. The minimum Gasteiger partial charge on any atom is -0.492 e. The molecule has 0 saturated carbocycles. The number of benzene rings is 1. The molecule has 0 atom stereocenters. The average Bonchev–Trinajstić information content (AvgIpc) is 2.27. The second kappa shape index (κ2) is 7.00. The quantitative estimate of drug-likeness (QED) is 0.791. The van der Waals surface area contributed by atoms with Crippen molar-refractivity contribution in [2.24, 2.45) is 0 Å². The van der Waals surface area contributed by atoms with Gasteiger partial charge in [-0.05, 0) is 34.5 Å². The molecule has 0 aliphatic heterocycles. The Hall–Kier alpha value is -1.56. The molecule has 18 heavy (non-hydrogen) atoms. The molecule has 1 aromatic carbocycles. The molecule has 1 rings (SSSR count). The van der Waals surface area contributed by atoms with Gasteiger partial charge in [-0.1, -0.05) is 0 Å². The highest BCUT2D eigenvalue weighted by Crippen LogP contribution is 2.28. The normalized spacial score (nSPS) is 9.89. The number of hydrogen-bond acceptors (Lipinski definition) is 3. The molecule has 98 valence electrons. The lowest BCUT2D eigenvalue weighted by molar-refractivity contribution is -0.137. The number of aliphatic carboxylic acids is 1. The molecule has 1 aromatic rings. The van der Waals surface area contributed by atoms with E-state index >= 15 is 0 Å². The van der Waals surface area contributed by atoms with Crippen molar-refractivity contribution in [2.75, 3.05) is 11.9 Å². The molecule has 0 bridgehead atoms. The van der Waals surface area contributed by atoms with Crippen LogP contribution in [0.5, 0.6) is 5.75 Å². The largest absolute Gasteiger partial charge is 0.492 e. The standard InChI is InChI=1S/C12H14BrNO4/c1-8(15)14-9-4-5-10(13)11(7-9)18-6-2-3-12(16)17/h4-5,7H,2-3,6H2,1H3,(H,14,15)(H,16,17). The van der Waals surface area contributed by atoms with Crippen molar-refractivity contribution in [3.05, 3.63) is 22.7 Å². The van der Waals surface area contributed by atoms with Crippen molar-refractivity contribution in [2.45, 2.75) is 19.8 Å². The van der Waals surface area contributed by atoms with Crippen LogP contribution in [0.2, 0.25) is 0 Å². The van der Waals surface area contributed by atoms with E-state index in [4.69, 9.17) is 9.84 Å². The van der Waals surface area contributed by atoms with E-state index < -0.39 is 5.97 Å². The number of rotatable bonds is 6. The van der Waals surface area contributed by atoms with Gasteiger partial charge in [-0.3, -0.25) is 9.59 Å². The van der Waals surface area contributed by atoms with Crippen molar-refractivity contribution < 1.29 is 19.4 Å². The summed E-state index contributed by atoms with van der Waals surface area (Å²) in [5, 5.41) is 11.1. The van der Waals surface area contributed by atoms with Crippen LogP contribution in [0.25, 0.3) is 0 Å². The van der Waals surface area contributed by atoms with Gasteiger partial charge in [0, 0.05) is 25.1 Å². The van der Waals surface area contributed by atoms with E-state index in [2.05, 4.69) is 21.2 Å². The first-order chi connectivity index (χ1) is 8.49. The van der Waals surface area contributed by atoms with E-state index in [0.717, 1.165) is 4.47 Å². The number of ether oxygens (including phenoxy) is 1. The van der Waals surface area contributed by atoms with E-state index in [1.807, 2.05) is 0 Å². The number of nitrogens with one attached hydrogen (secondary N) is 1. The van der Waals surface area contributed by atoms with Crippen LogP contribution in [-0.2, 0) is 9.59 Å². The Morgan fingerprint density at radius 2 is 2.17 bits per heavy atom. The average molecular weight is 316 g/mol. The molecule has 0 fully saturated rings. The van der Waals surface area contributed by atoms with Gasteiger partial charge < -0.3 is 15.2 Å². The summed E-state index contributed by atoms with van der Waals surface area (Å²) in [7, 11) is 0. The first-order valence-corrected chi connectivity index (χ1v) is 6.20. The monoisotopic (exact) mass is 315 g/mol. The number of carbonyl (C=O) groups is 2. The molecule has 0 radical (unpaired) electrons. The summed E-state index contributed by atoms with van der Waals surface area (Å²) < 4.78 is 6.20. The van der Waals surface area contributed by atoms with Crippen molar-refractivity contribution in [1.82, 2.24) is 0 Å². The fourth-order valence-corrected chi connectivity index (χ4v) is 1.66. The van der Waals surface area contributed by atoms with Gasteiger partial charge >= 0.3 is 5.97 Å². The Labute approximate surface area is 113 Å². The number of anilines is 1. The summed E-state index contributed by atoms with van der Waals surface area (Å²) in [4.78, 5) is 21.3. The van der Waals surface area contributed by atoms with Crippen LogP contribution in [-0.4, -0.2) is 23.6 Å². The summed E-state index contributed by atoms with van der Waals surface area (Å²) in [5.41, 5.74) is 0.638. The number of amides is 1. The number of hydrogen-bond donors (Lipinski definition) is 2. The molecule has 0 aliphatic carbocycles. The van der Waals surface area contributed by atoms with Gasteiger partial charge in [0.05, 0.1) is 11.1 Å². The molecular weight excluding hydrogens is 302 g/mol. The topological polar surface area (TPSA) is 75.6 Å². The molecular formula is C12H14BrNO4. The van der Waals surface area contributed by atoms with Crippen molar-refractivity contribution in [3.63, 3.8) is 0 Å². The number of carboxylic acid groups (broad SMARTS) is 1. The van der Waals surface area contributed by atoms with Gasteiger partial charge in [0.2, 0.25) is 5.91 Å². The zero-order valence-corrected chi connectivity index (χ0v) is 11.5. The fourth-order valence-electron chi connectivity index (χ4n) is 1.30. The third-order valence-electron chi connectivity index (χ3n) is 2.04. The predicted molar refractivity (Wildman–Crippen MR) is 70.8 cm³/mol. The van der Waals surface area contributed by atoms with Crippen LogP contribution in [0.15, 0.2) is 22.7 Å². The first kappa shape index (κ1) is 14.5. The second-order valence-electron chi connectivity index (χ2n) is 3.67. The molecule has 2 N–H and O–H groups in total. The molecule has 0 unspecified atom stereocenters. The lowest BCUT2D eigenvalue weighted by Crippen LogP contribution is -2.06. The van der Waals surface area contributed by atoms with E-state index in [9.17, 15) is 9.59 Å². The van der Waals surface area contributed by atoms with E-state index in [1.54, 1.807) is 18.2 Å². The van der Waals surface area contributed by atoms with Gasteiger partial charge in [-0.25, -0.2) is 0 Å². The Morgan fingerprint density at radius 1 is 1.44 bits per heavy atom. The van der Waals surface area contributed by atoms with Crippen LogP contribution in [0.4, 0.5) is 5.69 Å². The van der Waals surface area contributed by atoms with Crippen LogP contribution < -0.4 is 10.1 Å². The summed E-state index contributed by atoms with van der Waals surface area (Å²) in [6.45, 7) is 1.74. The van der Waals surface area contributed by atoms with Gasteiger partial charge in [0.1, 0.15) is 5.75 Å². The second-order valence-corrected chi connectivity index (χ2v) is 4.53. The Kier molecular flexibility index (Phi) is 5.64. The highest BCUT2D eigenvalue weighted by molar-refractivity contribution is 9.10. The van der Waals surface area contributed by atoms with Crippen LogP contribution in [0, 0.1) is 0 Å². The maximum absolute atomic E-state index is 10.9. The van der Waals surface area contributed by atoms with Crippen molar-refractivity contribution in [3.8, 4) is 5.75 Å². The molecule has 1 amide bonds. The summed E-state index contributed by atoms with van der Waals surface area (Å²) >= 11 is 3.32. The minimum atomic E-state index is -0.843. The maximum Gasteiger partial charge on any atom is 0.303 e. The number of carboxylic acids is 1. The molecule has 0 spiro atoms. The fraction of sp³-hybridized carbons (Fsp3) is 0.333. The zero-order valence-electron chi connectivity index (χ0n) is 9.90. The zero-order chi connectivity index (χ0) is 13.5. The summed E-state index contributed by atoms with van der Waals surface area (Å²) in [5.74, 6) is -0.426. The van der Waals surface area contributed by atoms with Crippen molar-refractivity contribution in [1.29, 1.82) is 0 Å². The highest BCUT2D eigenvalue weighted by Gasteiger charge is 2.05. The first-order valence-electron chi connectivity index (χ1n) is 5.41. The Morgan fingerprint density at radius 3 is 2.78 bits per heavy atom. The third kappa shape index (κ3) is 5.18. The molecule has 0 aliphatic rings. The SMILES string of the molecule is CC(=O)Nc1ccc(Br)c(OCCCC(=O)O)c1. The predicted octanol–water partition coefficient (Wildman–Crippen LogP) is 2.65. The molecule has 0 heterocycles. The smallest absolute Gasteiger partial charge is 0.303 e. The maximum atomic E-state index is 10.9. The molecule has 6 heteroatoms. The third-order valence-corrected chi connectivity index (χ3v) is 2.70. The van der Waals surface area contributed by atoms with E-state index in [1.165, 1.54) is 6.92 Å². The molecule has 5 nitrogen and oxygen atoms in total. The van der Waals surface area contributed by atoms with Crippen molar-refractivity contribution >= 4 is 33.5 Å². The summed E-state index contributed by atoms with van der Waals surface area (Å²) in [6.07, 6.45) is 0.509. The van der Waals surface area contributed by atoms with Crippen LogP contribution >= 0.6 is 15.9 Å². The lowest BCUT2D eigenvalue weighted by Gasteiger charge is -2.10. The van der Waals surface area contributed by atoms with E-state index in [-0.39, 0.29) is 12.3 Å². The van der Waals surface area contributed by atoms with Gasteiger partial charge in [-0.15, -0.1) is 0 Å². The van der Waals surface area contributed by atoms with Gasteiger partial charge in [-0.2, -0.15) is 0 Å². The summed E-state index contributed by atoms with van der Waals surface area (Å²) in [6, 6.07) is 5.19. The lowest BCUT2D eigenvalue weighted by atomic mass is 10.3. The number of halogens is 1. The van der Waals surface area contributed by atoms with Gasteiger partial charge in [0.25, 0.3) is 0 Å². The minimum absolute atomic E-state index is 0.0724. The van der Waals surface area contributed by atoms with Crippen LogP contribution in [0.1, 0.15) is 19.8 Å².